The van der Waals surface area contributed by atoms with Gasteiger partial charge in [0.15, 0.2) is 5.17 Å². The second-order valence-electron chi connectivity index (χ2n) is 7.00. The summed E-state index contributed by atoms with van der Waals surface area (Å²) in [5, 5.41) is 2.68. The van der Waals surface area contributed by atoms with Crippen LogP contribution in [0.4, 0.5) is 5.69 Å². The van der Waals surface area contributed by atoms with Gasteiger partial charge in [-0.1, -0.05) is 30.3 Å². The van der Waals surface area contributed by atoms with Gasteiger partial charge < -0.3 is 9.47 Å². The molecule has 1 aliphatic heterocycles. The van der Waals surface area contributed by atoms with Crippen LogP contribution in [0.5, 0.6) is 5.75 Å². The van der Waals surface area contributed by atoms with E-state index in [1.54, 1.807) is 36.3 Å². The quantitative estimate of drug-likeness (QED) is 0.395. The van der Waals surface area contributed by atoms with E-state index in [4.69, 9.17) is 9.47 Å². The van der Waals surface area contributed by atoms with Gasteiger partial charge in [-0.3, -0.25) is 9.69 Å². The SMILES string of the molecule is CCN1C(=O)/C(=C\c2c(OC)ccc3ccccc23)SC1=Nc1ccc(C(=O)OC)cc1. The molecule has 0 bridgehead atoms. The van der Waals surface area contributed by atoms with Crippen molar-refractivity contribution in [3.8, 4) is 5.75 Å². The summed E-state index contributed by atoms with van der Waals surface area (Å²) in [5.74, 6) is 0.202. The Bertz CT molecular complexity index is 1250. The van der Waals surface area contributed by atoms with E-state index < -0.39 is 5.97 Å². The van der Waals surface area contributed by atoms with E-state index in [-0.39, 0.29) is 5.91 Å². The van der Waals surface area contributed by atoms with E-state index in [0.717, 1.165) is 16.3 Å². The van der Waals surface area contributed by atoms with Gasteiger partial charge in [-0.05, 0) is 65.9 Å². The summed E-state index contributed by atoms with van der Waals surface area (Å²) in [7, 11) is 2.97. The number of carbonyl (C=O) groups excluding carboxylic acids is 2. The van der Waals surface area contributed by atoms with E-state index in [9.17, 15) is 9.59 Å². The summed E-state index contributed by atoms with van der Waals surface area (Å²) in [6, 6.07) is 18.7. The number of likely N-dealkylation sites (N-methyl/N-ethyl adjacent to an activating group) is 1. The minimum Gasteiger partial charge on any atom is -0.496 e. The van der Waals surface area contributed by atoms with Crippen molar-refractivity contribution < 1.29 is 19.1 Å². The van der Waals surface area contributed by atoms with Gasteiger partial charge in [0, 0.05) is 12.1 Å². The van der Waals surface area contributed by atoms with Crippen LogP contribution in [0.25, 0.3) is 16.8 Å². The van der Waals surface area contributed by atoms with Gasteiger partial charge in [-0.25, -0.2) is 9.79 Å². The van der Waals surface area contributed by atoms with Crippen LogP contribution in [0.15, 0.2) is 70.6 Å². The molecule has 0 spiro atoms. The van der Waals surface area contributed by atoms with Crippen molar-refractivity contribution >= 4 is 51.3 Å². The Labute approximate surface area is 190 Å². The number of methoxy groups -OCH3 is 2. The third-order valence-electron chi connectivity index (χ3n) is 5.14. The van der Waals surface area contributed by atoms with Crippen LogP contribution < -0.4 is 4.74 Å². The van der Waals surface area contributed by atoms with Crippen molar-refractivity contribution in [3.63, 3.8) is 0 Å². The molecule has 1 aliphatic rings. The molecule has 1 fully saturated rings. The fourth-order valence-electron chi connectivity index (χ4n) is 3.50. The molecular weight excluding hydrogens is 424 g/mol. The van der Waals surface area contributed by atoms with Crippen molar-refractivity contribution in [1.29, 1.82) is 0 Å². The molecule has 0 N–H and O–H groups in total. The highest BCUT2D eigenvalue weighted by atomic mass is 32.2. The topological polar surface area (TPSA) is 68.2 Å². The molecule has 3 aromatic rings. The normalized spacial score (nSPS) is 16.2. The highest BCUT2D eigenvalue weighted by Crippen LogP contribution is 2.37. The molecule has 0 unspecified atom stereocenters. The molecule has 0 aliphatic carbocycles. The smallest absolute Gasteiger partial charge is 0.337 e. The van der Waals surface area contributed by atoms with Gasteiger partial charge >= 0.3 is 5.97 Å². The first-order chi connectivity index (χ1) is 15.5. The second kappa shape index (κ2) is 9.28. The molecule has 1 saturated heterocycles. The minimum atomic E-state index is -0.404. The standard InChI is InChI=1S/C25H22N2O4S/c1-4-27-23(28)22(15-20-19-8-6-5-7-16(19)11-14-21(20)30-2)32-25(27)26-18-12-9-17(10-13-18)24(29)31-3/h5-15H,4H2,1-3H3/b22-15+,26-25?. The third-order valence-corrected chi connectivity index (χ3v) is 6.15. The van der Waals surface area contributed by atoms with Gasteiger partial charge in [0.1, 0.15) is 5.75 Å². The van der Waals surface area contributed by atoms with Crippen molar-refractivity contribution in [2.45, 2.75) is 6.92 Å². The van der Waals surface area contributed by atoms with Gasteiger partial charge in [0.2, 0.25) is 0 Å². The summed E-state index contributed by atoms with van der Waals surface area (Å²) in [4.78, 5) is 31.6. The number of esters is 1. The lowest BCUT2D eigenvalue weighted by molar-refractivity contribution is -0.122. The number of amides is 1. The summed E-state index contributed by atoms with van der Waals surface area (Å²) in [6.07, 6.45) is 1.87. The van der Waals surface area contributed by atoms with Crippen LogP contribution >= 0.6 is 11.8 Å². The maximum Gasteiger partial charge on any atom is 0.337 e. The minimum absolute atomic E-state index is 0.0996. The number of carbonyl (C=O) groups is 2. The van der Waals surface area contributed by atoms with E-state index in [1.165, 1.54) is 18.9 Å². The number of thioether (sulfide) groups is 1. The largest absolute Gasteiger partial charge is 0.496 e. The Morgan fingerprint density at radius 2 is 1.81 bits per heavy atom. The molecule has 3 aromatic carbocycles. The van der Waals surface area contributed by atoms with Crippen molar-refractivity contribution in [3.05, 3.63) is 76.7 Å². The van der Waals surface area contributed by atoms with Gasteiger partial charge in [-0.2, -0.15) is 0 Å². The highest BCUT2D eigenvalue weighted by Gasteiger charge is 2.32. The number of nitrogens with zero attached hydrogens (tertiary/aromatic N) is 2. The summed E-state index contributed by atoms with van der Waals surface area (Å²) in [5.41, 5.74) is 1.96. The van der Waals surface area contributed by atoms with Crippen LogP contribution in [0.1, 0.15) is 22.8 Å². The Morgan fingerprint density at radius 3 is 2.50 bits per heavy atom. The molecule has 7 heteroatoms. The number of aliphatic imine (C=N–C) groups is 1. The zero-order valence-corrected chi connectivity index (χ0v) is 18.8. The molecular formula is C25H22N2O4S. The lowest BCUT2D eigenvalue weighted by Crippen LogP contribution is -2.28. The van der Waals surface area contributed by atoms with Crippen molar-refractivity contribution in [2.75, 3.05) is 20.8 Å². The molecule has 0 radical (unpaired) electrons. The fraction of sp³-hybridized carbons (Fsp3) is 0.160. The van der Waals surface area contributed by atoms with Gasteiger partial charge in [0.25, 0.3) is 5.91 Å². The fourth-order valence-corrected chi connectivity index (χ4v) is 4.55. The van der Waals surface area contributed by atoms with E-state index in [2.05, 4.69) is 4.99 Å². The number of rotatable bonds is 5. The summed E-state index contributed by atoms with van der Waals surface area (Å²) in [6.45, 7) is 2.41. The van der Waals surface area contributed by atoms with E-state index >= 15 is 0 Å². The Kier molecular flexibility index (Phi) is 6.28. The zero-order chi connectivity index (χ0) is 22.7. The van der Waals surface area contributed by atoms with Crippen molar-refractivity contribution in [2.24, 2.45) is 4.99 Å². The summed E-state index contributed by atoms with van der Waals surface area (Å²) >= 11 is 1.32. The molecule has 6 nitrogen and oxygen atoms in total. The monoisotopic (exact) mass is 446 g/mol. The average Bonchev–Trinajstić information content (AvgIpc) is 3.12. The molecule has 1 amide bonds. The number of ether oxygens (including phenoxy) is 2. The first kappa shape index (κ1) is 21.6. The highest BCUT2D eigenvalue weighted by molar-refractivity contribution is 8.18. The molecule has 162 valence electrons. The van der Waals surface area contributed by atoms with Gasteiger partial charge in [-0.15, -0.1) is 0 Å². The number of hydrogen-bond acceptors (Lipinski definition) is 6. The average molecular weight is 447 g/mol. The number of hydrogen-bond donors (Lipinski definition) is 0. The number of amidine groups is 1. The van der Waals surface area contributed by atoms with Gasteiger partial charge in [0.05, 0.1) is 30.4 Å². The molecule has 0 aromatic heterocycles. The maximum atomic E-state index is 13.1. The molecule has 4 rings (SSSR count). The van der Waals surface area contributed by atoms with E-state index in [1.807, 2.05) is 49.4 Å². The first-order valence-corrected chi connectivity index (χ1v) is 10.9. The van der Waals surface area contributed by atoms with Crippen molar-refractivity contribution in [1.82, 2.24) is 4.90 Å². The second-order valence-corrected chi connectivity index (χ2v) is 8.00. The van der Waals surface area contributed by atoms with Crippen LogP contribution in [0.2, 0.25) is 0 Å². The molecule has 1 heterocycles. The maximum absolute atomic E-state index is 13.1. The number of benzene rings is 3. The third kappa shape index (κ3) is 4.11. The predicted molar refractivity (Wildman–Crippen MR) is 128 cm³/mol. The predicted octanol–water partition coefficient (Wildman–Crippen LogP) is 5.26. The Balaban J connectivity index is 1.72. The van der Waals surface area contributed by atoms with Crippen LogP contribution in [-0.2, 0) is 9.53 Å². The molecule has 0 saturated carbocycles. The lowest BCUT2D eigenvalue weighted by Gasteiger charge is -2.12. The van der Waals surface area contributed by atoms with Crippen LogP contribution in [-0.4, -0.2) is 42.7 Å². The first-order valence-electron chi connectivity index (χ1n) is 10.1. The Hall–Kier alpha value is -3.58. The molecule has 32 heavy (non-hydrogen) atoms. The summed E-state index contributed by atoms with van der Waals surface area (Å²) < 4.78 is 10.3. The number of fused-ring (bicyclic) bond motifs is 1. The van der Waals surface area contributed by atoms with Crippen LogP contribution in [0.3, 0.4) is 0 Å². The Morgan fingerprint density at radius 1 is 1.06 bits per heavy atom. The van der Waals surface area contributed by atoms with Crippen LogP contribution in [0, 0.1) is 0 Å². The molecule has 0 atom stereocenters. The van der Waals surface area contributed by atoms with E-state index in [0.29, 0.717) is 33.6 Å². The zero-order valence-electron chi connectivity index (χ0n) is 18.0. The lowest BCUT2D eigenvalue weighted by atomic mass is 10.0.